The molecule has 2 heteroatoms. The summed E-state index contributed by atoms with van der Waals surface area (Å²) in [5, 5.41) is 2.75. The highest BCUT2D eigenvalue weighted by Gasteiger charge is 1.89. The molecular weight excluding hydrogens is 114 g/mol. The highest BCUT2D eigenvalue weighted by molar-refractivity contribution is 5.52. The van der Waals surface area contributed by atoms with Crippen molar-refractivity contribution in [3.63, 3.8) is 0 Å². The fraction of sp³-hybridized carbons (Fsp3) is 0.857. The summed E-state index contributed by atoms with van der Waals surface area (Å²) in [6.07, 6.45) is 1.93. The van der Waals surface area contributed by atoms with Gasteiger partial charge in [-0.2, -0.15) is 0 Å². The van der Waals surface area contributed by atoms with Crippen LogP contribution < -0.4 is 5.32 Å². The van der Waals surface area contributed by atoms with E-state index >= 15 is 0 Å². The van der Waals surface area contributed by atoms with E-state index in [0.29, 0.717) is 0 Å². The van der Waals surface area contributed by atoms with Crippen molar-refractivity contribution in [3.8, 4) is 0 Å². The minimum Gasteiger partial charge on any atom is -0.323 e. The van der Waals surface area contributed by atoms with Gasteiger partial charge in [0.15, 0.2) is 0 Å². The number of hydrogen-bond acceptors (Lipinski definition) is 2. The third kappa shape index (κ3) is 18.4. The summed E-state index contributed by atoms with van der Waals surface area (Å²) in [5.41, 5.74) is 0. The van der Waals surface area contributed by atoms with Crippen molar-refractivity contribution in [1.82, 2.24) is 5.32 Å². The van der Waals surface area contributed by atoms with E-state index in [1.54, 1.807) is 0 Å². The van der Waals surface area contributed by atoms with Crippen molar-refractivity contribution in [1.29, 1.82) is 0 Å². The Labute approximate surface area is 57.6 Å². The fourth-order valence-electron chi connectivity index (χ4n) is 0.0962. The first kappa shape index (κ1) is 11.4. The molecule has 0 aromatic carbocycles. The Balaban J connectivity index is 0. The van der Waals surface area contributed by atoms with E-state index in [0.717, 1.165) is 12.7 Å². The molecule has 0 bridgehead atoms. The number of carbonyl (C=O) groups excluding carboxylic acids is 1. The van der Waals surface area contributed by atoms with Crippen molar-refractivity contribution in [2.45, 2.75) is 20.3 Å². The highest BCUT2D eigenvalue weighted by Crippen LogP contribution is 1.91. The maximum atomic E-state index is 9.74. The van der Waals surface area contributed by atoms with Gasteiger partial charge in [-0.15, -0.1) is 0 Å². The molecule has 56 valence electrons. The van der Waals surface area contributed by atoms with Crippen LogP contribution in [0.1, 0.15) is 20.3 Å². The van der Waals surface area contributed by atoms with Crippen molar-refractivity contribution in [2.24, 2.45) is 5.92 Å². The van der Waals surface area contributed by atoms with Crippen molar-refractivity contribution < 1.29 is 4.79 Å². The Morgan fingerprint density at radius 1 is 1.56 bits per heavy atom. The summed E-state index contributed by atoms with van der Waals surface area (Å²) in [6.45, 7) is 3.91. The molecule has 9 heavy (non-hydrogen) atoms. The van der Waals surface area contributed by atoms with Gasteiger partial charge in [0.05, 0.1) is 0 Å². The first-order valence-corrected chi connectivity index (χ1v) is 3.26. The molecule has 0 aromatic heterocycles. The Morgan fingerprint density at radius 3 is 1.89 bits per heavy atom. The summed E-state index contributed by atoms with van der Waals surface area (Å²) in [4.78, 5) is 9.74. The summed E-state index contributed by atoms with van der Waals surface area (Å²) in [5.74, 6) is 0.255. The van der Waals surface area contributed by atoms with Crippen LogP contribution in [0.4, 0.5) is 0 Å². The van der Waals surface area contributed by atoms with Crippen LogP contribution in [0.2, 0.25) is 0 Å². The van der Waals surface area contributed by atoms with Gasteiger partial charge in [0.25, 0.3) is 0 Å². The number of aldehydes is 1. The first-order chi connectivity index (χ1) is 4.22. The number of rotatable bonds is 2. The largest absolute Gasteiger partial charge is 0.323 e. The van der Waals surface area contributed by atoms with Gasteiger partial charge in [0.2, 0.25) is 0 Å². The minimum atomic E-state index is 0.255. The van der Waals surface area contributed by atoms with E-state index in [9.17, 15) is 4.79 Å². The second kappa shape index (κ2) is 10.6. The average Bonchev–Trinajstić information content (AvgIpc) is 1.88. The monoisotopic (exact) mass is 131 g/mol. The van der Waals surface area contributed by atoms with E-state index in [1.807, 2.05) is 27.9 Å². The normalized spacial score (nSPS) is 11.1. The molecule has 0 heterocycles. The lowest BCUT2D eigenvalue weighted by atomic mass is 10.2. The zero-order valence-electron chi connectivity index (χ0n) is 6.77. The summed E-state index contributed by atoms with van der Waals surface area (Å²) in [7, 11) is 3.75. The van der Waals surface area contributed by atoms with E-state index in [2.05, 4.69) is 5.32 Å². The lowest BCUT2D eigenvalue weighted by Crippen LogP contribution is -1.89. The van der Waals surface area contributed by atoms with Gasteiger partial charge in [-0.25, -0.2) is 0 Å². The molecule has 1 N–H and O–H groups in total. The van der Waals surface area contributed by atoms with Crippen molar-refractivity contribution in [2.75, 3.05) is 14.1 Å². The summed E-state index contributed by atoms with van der Waals surface area (Å²) >= 11 is 0. The van der Waals surface area contributed by atoms with Crippen LogP contribution in [0.15, 0.2) is 0 Å². The first-order valence-electron chi connectivity index (χ1n) is 3.26. The van der Waals surface area contributed by atoms with Gasteiger partial charge in [-0.05, 0) is 20.5 Å². The lowest BCUT2D eigenvalue weighted by molar-refractivity contribution is -0.110. The van der Waals surface area contributed by atoms with E-state index in [4.69, 9.17) is 0 Å². The third-order valence-electron chi connectivity index (χ3n) is 0.876. The maximum Gasteiger partial charge on any atom is 0.122 e. The van der Waals surface area contributed by atoms with Crippen molar-refractivity contribution >= 4 is 6.29 Å². The van der Waals surface area contributed by atoms with Crippen molar-refractivity contribution in [3.05, 3.63) is 0 Å². The zero-order valence-corrected chi connectivity index (χ0v) is 6.77. The van der Waals surface area contributed by atoms with E-state index in [-0.39, 0.29) is 5.92 Å². The van der Waals surface area contributed by atoms with Gasteiger partial charge in [0, 0.05) is 5.92 Å². The quantitative estimate of drug-likeness (QED) is 0.568. The lowest BCUT2D eigenvalue weighted by Gasteiger charge is -1.89. The molecule has 0 spiro atoms. The van der Waals surface area contributed by atoms with Gasteiger partial charge in [-0.3, -0.25) is 0 Å². The Hall–Kier alpha value is -0.370. The smallest absolute Gasteiger partial charge is 0.122 e. The van der Waals surface area contributed by atoms with Crippen LogP contribution in [0.3, 0.4) is 0 Å². The molecule has 0 aliphatic heterocycles. The number of nitrogens with one attached hydrogen (secondary N) is 1. The van der Waals surface area contributed by atoms with E-state index < -0.39 is 0 Å². The second-order valence-electron chi connectivity index (χ2n) is 2.02. The zero-order chi connectivity index (χ0) is 7.70. The third-order valence-corrected chi connectivity index (χ3v) is 0.876. The molecular formula is C7H17NO. The molecule has 0 amide bonds. The summed E-state index contributed by atoms with van der Waals surface area (Å²) < 4.78 is 0. The fourth-order valence-corrected chi connectivity index (χ4v) is 0.0962. The van der Waals surface area contributed by atoms with Gasteiger partial charge >= 0.3 is 0 Å². The van der Waals surface area contributed by atoms with Crippen LogP contribution in [0.5, 0.6) is 0 Å². The average molecular weight is 131 g/mol. The number of hydrogen-bond donors (Lipinski definition) is 1. The van der Waals surface area contributed by atoms with Crippen LogP contribution >= 0.6 is 0 Å². The Kier molecular flexibility index (Phi) is 13.4. The predicted octanol–water partition coefficient (Wildman–Crippen LogP) is 1.07. The predicted molar refractivity (Wildman–Crippen MR) is 40.5 cm³/mol. The molecule has 1 atom stereocenters. The van der Waals surface area contributed by atoms with Gasteiger partial charge in [0.1, 0.15) is 6.29 Å². The molecule has 0 rings (SSSR count). The van der Waals surface area contributed by atoms with Gasteiger partial charge < -0.3 is 10.1 Å². The molecule has 0 fully saturated rings. The molecule has 0 aromatic rings. The maximum absolute atomic E-state index is 9.74. The molecule has 1 unspecified atom stereocenters. The highest BCUT2D eigenvalue weighted by atomic mass is 16.1. The van der Waals surface area contributed by atoms with Gasteiger partial charge in [-0.1, -0.05) is 13.8 Å². The standard InChI is InChI=1S/C5H10O.C2H7N/c1-3-5(2)4-6;1-3-2/h4-5H,3H2,1-2H3;3H,1-2H3. The SMILES string of the molecule is CCC(C)C=O.CNC. The molecule has 0 aliphatic carbocycles. The Morgan fingerprint density at radius 2 is 1.89 bits per heavy atom. The topological polar surface area (TPSA) is 29.1 Å². The van der Waals surface area contributed by atoms with Crippen LogP contribution in [-0.2, 0) is 4.79 Å². The summed E-state index contributed by atoms with van der Waals surface area (Å²) in [6, 6.07) is 0. The van der Waals surface area contributed by atoms with Crippen LogP contribution in [-0.4, -0.2) is 20.4 Å². The molecule has 0 aliphatic rings. The second-order valence-corrected chi connectivity index (χ2v) is 2.02. The number of carbonyl (C=O) groups is 1. The molecule has 0 saturated carbocycles. The van der Waals surface area contributed by atoms with E-state index in [1.165, 1.54) is 0 Å². The molecule has 0 radical (unpaired) electrons. The van der Waals surface area contributed by atoms with Crippen LogP contribution in [0.25, 0.3) is 0 Å². The molecule has 2 nitrogen and oxygen atoms in total. The molecule has 0 saturated heterocycles. The van der Waals surface area contributed by atoms with Crippen LogP contribution in [0, 0.1) is 5.92 Å². The minimum absolute atomic E-state index is 0.255. The Bertz CT molecular complexity index is 54.9.